The topological polar surface area (TPSA) is 52.6 Å². The van der Waals surface area contributed by atoms with Gasteiger partial charge in [-0.3, -0.25) is 4.79 Å². The first kappa shape index (κ1) is 28.4. The smallest absolute Gasteiger partial charge is 0.379 e. The first-order valence-corrected chi connectivity index (χ1v) is 13.1. The van der Waals surface area contributed by atoms with Gasteiger partial charge in [0.05, 0.1) is 6.61 Å². The molecule has 4 nitrogen and oxygen atoms in total. The average molecular weight is 447 g/mol. The quantitative estimate of drug-likeness (QED) is 0.0792. The van der Waals surface area contributed by atoms with Gasteiger partial charge in [-0.2, -0.15) is 0 Å². The minimum Gasteiger partial charge on any atom is -0.457 e. The third kappa shape index (κ3) is 16.0. The van der Waals surface area contributed by atoms with Crippen molar-refractivity contribution in [2.45, 2.75) is 110 Å². The minimum absolute atomic E-state index is 0.121. The zero-order chi connectivity index (χ0) is 23.1. The Balaban J connectivity index is 1.77. The summed E-state index contributed by atoms with van der Waals surface area (Å²) >= 11 is 0. The molecule has 0 radical (unpaired) electrons. The van der Waals surface area contributed by atoms with Gasteiger partial charge in [-0.1, -0.05) is 134 Å². The molecule has 0 saturated carbocycles. The summed E-state index contributed by atoms with van der Waals surface area (Å²) in [5.41, 5.74) is 0.353. The van der Waals surface area contributed by atoms with Crippen LogP contribution < -0.4 is 0 Å². The number of ether oxygens (including phenoxy) is 2. The summed E-state index contributed by atoms with van der Waals surface area (Å²) in [4.78, 5) is 23.6. The highest BCUT2D eigenvalue weighted by molar-refractivity contribution is 6.40. The van der Waals surface area contributed by atoms with Crippen molar-refractivity contribution < 1.29 is 19.1 Å². The first-order valence-electron chi connectivity index (χ1n) is 13.1. The van der Waals surface area contributed by atoms with Crippen LogP contribution in [-0.2, 0) is 14.3 Å². The van der Waals surface area contributed by atoms with Gasteiger partial charge in [0.2, 0.25) is 0 Å². The molecule has 0 bridgehead atoms. The van der Waals surface area contributed by atoms with Crippen LogP contribution in [0.5, 0.6) is 0 Å². The van der Waals surface area contributed by atoms with E-state index in [4.69, 9.17) is 9.47 Å². The van der Waals surface area contributed by atoms with Crippen molar-refractivity contribution in [3.8, 4) is 0 Å². The number of ketones is 1. The number of carbonyl (C=O) groups excluding carboxylic acids is 2. The van der Waals surface area contributed by atoms with Gasteiger partial charge in [-0.25, -0.2) is 4.79 Å². The van der Waals surface area contributed by atoms with E-state index < -0.39 is 11.8 Å². The van der Waals surface area contributed by atoms with Crippen LogP contribution in [-0.4, -0.2) is 31.6 Å². The summed E-state index contributed by atoms with van der Waals surface area (Å²) in [7, 11) is 0. The number of hydrogen-bond acceptors (Lipinski definition) is 4. The maximum absolute atomic E-state index is 11.9. The van der Waals surface area contributed by atoms with E-state index in [1.165, 1.54) is 96.3 Å². The highest BCUT2D eigenvalue weighted by Crippen LogP contribution is 2.13. The van der Waals surface area contributed by atoms with Crippen LogP contribution >= 0.6 is 0 Å². The Hall–Kier alpha value is -1.68. The summed E-state index contributed by atoms with van der Waals surface area (Å²) < 4.78 is 10.5. The minimum atomic E-state index is -0.817. The van der Waals surface area contributed by atoms with Crippen molar-refractivity contribution >= 4 is 11.8 Å². The van der Waals surface area contributed by atoms with E-state index in [9.17, 15) is 9.59 Å². The third-order valence-corrected chi connectivity index (χ3v) is 5.82. The van der Waals surface area contributed by atoms with Gasteiger partial charge < -0.3 is 9.47 Å². The second kappa shape index (κ2) is 21.2. The highest BCUT2D eigenvalue weighted by atomic mass is 16.6. The number of benzene rings is 1. The van der Waals surface area contributed by atoms with Crippen molar-refractivity contribution in [1.29, 1.82) is 0 Å². The number of rotatable bonds is 22. The monoisotopic (exact) mass is 446 g/mol. The lowest BCUT2D eigenvalue weighted by Gasteiger charge is -2.06. The summed E-state index contributed by atoms with van der Waals surface area (Å²) in [5.74, 6) is -1.43. The number of Topliss-reactive ketones (excluding diaryl/α,β-unsaturated/α-hetero) is 1. The fraction of sp³-hybridized carbons (Fsp3) is 0.714. The molecular weight excluding hydrogens is 400 g/mol. The van der Waals surface area contributed by atoms with Crippen molar-refractivity contribution in [3.63, 3.8) is 0 Å². The van der Waals surface area contributed by atoms with E-state index in [1.54, 1.807) is 30.3 Å². The predicted octanol–water partition coefficient (Wildman–Crippen LogP) is 7.69. The third-order valence-electron chi connectivity index (χ3n) is 5.82. The van der Waals surface area contributed by atoms with Crippen molar-refractivity contribution in [2.75, 3.05) is 19.8 Å². The molecule has 0 aromatic heterocycles. The molecule has 0 unspecified atom stereocenters. The fourth-order valence-corrected chi connectivity index (χ4v) is 3.82. The molecule has 0 fully saturated rings. The number of hydrogen-bond donors (Lipinski definition) is 0. The van der Waals surface area contributed by atoms with Crippen molar-refractivity contribution in [1.82, 2.24) is 0 Å². The Morgan fingerprint density at radius 2 is 1.06 bits per heavy atom. The van der Waals surface area contributed by atoms with Gasteiger partial charge in [0.25, 0.3) is 5.78 Å². The molecular formula is C28H46O4. The van der Waals surface area contributed by atoms with Crippen LogP contribution in [0.15, 0.2) is 30.3 Å². The van der Waals surface area contributed by atoms with Gasteiger partial charge in [0.15, 0.2) is 0 Å². The highest BCUT2D eigenvalue weighted by Gasteiger charge is 2.16. The molecule has 0 N–H and O–H groups in total. The van der Waals surface area contributed by atoms with E-state index >= 15 is 0 Å². The van der Waals surface area contributed by atoms with Crippen LogP contribution in [0, 0.1) is 0 Å². The molecule has 0 aliphatic heterocycles. The van der Waals surface area contributed by atoms with Crippen LogP contribution in [0.4, 0.5) is 0 Å². The van der Waals surface area contributed by atoms with Crippen molar-refractivity contribution in [3.05, 3.63) is 35.9 Å². The molecule has 4 heteroatoms. The lowest BCUT2D eigenvalue weighted by atomic mass is 10.0. The second-order valence-corrected chi connectivity index (χ2v) is 8.75. The summed E-state index contributed by atoms with van der Waals surface area (Å²) in [5, 5.41) is 0. The molecule has 0 saturated heterocycles. The van der Waals surface area contributed by atoms with Gasteiger partial charge in [0.1, 0.15) is 6.61 Å². The number of carbonyl (C=O) groups is 2. The van der Waals surface area contributed by atoms with E-state index in [2.05, 4.69) is 6.92 Å². The van der Waals surface area contributed by atoms with Gasteiger partial charge in [-0.15, -0.1) is 0 Å². The molecule has 1 aromatic rings. The van der Waals surface area contributed by atoms with E-state index in [0.717, 1.165) is 6.42 Å². The normalized spacial score (nSPS) is 10.9. The Morgan fingerprint density at radius 3 is 1.56 bits per heavy atom. The number of esters is 1. The molecule has 0 atom stereocenters. The fourth-order valence-electron chi connectivity index (χ4n) is 3.82. The molecule has 1 rings (SSSR count). The maximum Gasteiger partial charge on any atom is 0.379 e. The van der Waals surface area contributed by atoms with Gasteiger partial charge in [-0.05, 0) is 6.42 Å². The Morgan fingerprint density at radius 1 is 0.594 bits per heavy atom. The molecule has 0 amide bonds. The molecule has 0 aliphatic rings. The predicted molar refractivity (Wildman–Crippen MR) is 132 cm³/mol. The zero-order valence-electron chi connectivity index (χ0n) is 20.5. The Labute approximate surface area is 196 Å². The average Bonchev–Trinajstić information content (AvgIpc) is 2.82. The molecule has 182 valence electrons. The van der Waals surface area contributed by atoms with Crippen LogP contribution in [0.1, 0.15) is 120 Å². The zero-order valence-corrected chi connectivity index (χ0v) is 20.5. The van der Waals surface area contributed by atoms with Crippen LogP contribution in [0.3, 0.4) is 0 Å². The van der Waals surface area contributed by atoms with Gasteiger partial charge in [0, 0.05) is 12.2 Å². The number of unbranched alkanes of at least 4 members (excludes halogenated alkanes) is 15. The lowest BCUT2D eigenvalue weighted by Crippen LogP contribution is -2.20. The molecule has 0 spiro atoms. The summed E-state index contributed by atoms with van der Waals surface area (Å²) in [6, 6.07) is 8.47. The Kier molecular flexibility index (Phi) is 18.8. The van der Waals surface area contributed by atoms with E-state index in [-0.39, 0.29) is 6.61 Å². The second-order valence-electron chi connectivity index (χ2n) is 8.75. The molecule has 32 heavy (non-hydrogen) atoms. The molecule has 0 heterocycles. The lowest BCUT2D eigenvalue weighted by molar-refractivity contribution is -0.139. The summed E-state index contributed by atoms with van der Waals surface area (Å²) in [6.45, 7) is 3.42. The first-order chi connectivity index (χ1) is 15.8. The maximum atomic E-state index is 11.9. The standard InChI is InChI=1S/C28H46O4/c1-2-3-4-5-6-7-8-9-10-11-12-13-14-15-16-20-23-31-24-25-32-28(30)27(29)26-21-18-17-19-22-26/h17-19,21-22H,2-16,20,23-25H2,1H3. The summed E-state index contributed by atoms with van der Waals surface area (Å²) in [6.07, 6.45) is 21.6. The van der Waals surface area contributed by atoms with E-state index in [1.807, 2.05) is 0 Å². The van der Waals surface area contributed by atoms with Crippen LogP contribution in [0.2, 0.25) is 0 Å². The SMILES string of the molecule is CCCCCCCCCCCCCCCCCCOCCOC(=O)C(=O)c1ccccc1. The largest absolute Gasteiger partial charge is 0.457 e. The van der Waals surface area contributed by atoms with Crippen LogP contribution in [0.25, 0.3) is 0 Å². The van der Waals surface area contributed by atoms with Gasteiger partial charge >= 0.3 is 5.97 Å². The van der Waals surface area contributed by atoms with E-state index in [0.29, 0.717) is 18.8 Å². The molecule has 1 aromatic carbocycles. The molecule has 0 aliphatic carbocycles. The van der Waals surface area contributed by atoms with Crippen molar-refractivity contribution in [2.24, 2.45) is 0 Å². The Bertz CT molecular complexity index is 570.